The minimum Gasteiger partial charge on any atom is -0.423 e. The van der Waals surface area contributed by atoms with E-state index in [0.29, 0.717) is 5.57 Å². The molecule has 3 N–H and O–H groups in total. The summed E-state index contributed by atoms with van der Waals surface area (Å²) in [6, 6.07) is 0. The fraction of sp³-hybridized carbons (Fsp3) is 0.545. The lowest BCUT2D eigenvalue weighted by Crippen LogP contribution is -2.20. The molecular formula is C11H16O5. The molecule has 0 aromatic rings. The van der Waals surface area contributed by atoms with E-state index in [0.717, 1.165) is 0 Å². The molecule has 0 saturated heterocycles. The lowest BCUT2D eigenvalue weighted by molar-refractivity contribution is -0.133. The Morgan fingerprint density at radius 2 is 2.00 bits per heavy atom. The van der Waals surface area contributed by atoms with E-state index in [1.807, 2.05) is 0 Å². The third kappa shape index (κ3) is 3.44. The van der Waals surface area contributed by atoms with E-state index in [2.05, 4.69) is 0 Å². The Morgan fingerprint density at radius 3 is 2.50 bits per heavy atom. The molecule has 0 aromatic heterocycles. The van der Waals surface area contributed by atoms with Gasteiger partial charge in [0, 0.05) is 12.0 Å². The molecule has 3 atom stereocenters. The summed E-state index contributed by atoms with van der Waals surface area (Å²) in [5.41, 5.74) is 0.360. The molecule has 0 unspecified atom stereocenters. The standard InChI is InChI=1S/C11H16O5/c1-6(12)3-8-4-9(16-11(8)15)5-10(14)7(2)13/h4-7,10,12-14H,3H2,1-2H3/b9-5-/t6-,7-,10-/m0/s1. The van der Waals surface area contributed by atoms with Gasteiger partial charge in [0.2, 0.25) is 0 Å². The minimum absolute atomic E-state index is 0.203. The zero-order valence-electron chi connectivity index (χ0n) is 9.25. The number of hydrogen-bond acceptors (Lipinski definition) is 5. The Hall–Kier alpha value is -1.17. The summed E-state index contributed by atoms with van der Waals surface area (Å²) in [4.78, 5) is 11.3. The highest BCUT2D eigenvalue weighted by atomic mass is 16.5. The fourth-order valence-corrected chi connectivity index (χ4v) is 1.28. The summed E-state index contributed by atoms with van der Waals surface area (Å²) < 4.78 is 4.84. The summed E-state index contributed by atoms with van der Waals surface area (Å²) in [6.45, 7) is 3.00. The van der Waals surface area contributed by atoms with E-state index in [1.54, 1.807) is 6.92 Å². The summed E-state index contributed by atoms with van der Waals surface area (Å²) in [5.74, 6) is -0.320. The van der Waals surface area contributed by atoms with E-state index in [4.69, 9.17) is 14.9 Å². The van der Waals surface area contributed by atoms with Gasteiger partial charge in [-0.15, -0.1) is 0 Å². The van der Waals surface area contributed by atoms with Gasteiger partial charge in [0.1, 0.15) is 11.9 Å². The van der Waals surface area contributed by atoms with Crippen LogP contribution in [0.25, 0.3) is 0 Å². The molecule has 1 aliphatic heterocycles. The van der Waals surface area contributed by atoms with Crippen molar-refractivity contribution in [1.29, 1.82) is 0 Å². The number of rotatable bonds is 4. The number of carbonyl (C=O) groups is 1. The van der Waals surface area contributed by atoms with Crippen LogP contribution in [0.5, 0.6) is 0 Å². The molecule has 0 radical (unpaired) electrons. The second-order valence-electron chi connectivity index (χ2n) is 3.91. The second-order valence-corrected chi connectivity index (χ2v) is 3.91. The normalized spacial score (nSPS) is 23.9. The van der Waals surface area contributed by atoms with Crippen molar-refractivity contribution in [3.63, 3.8) is 0 Å². The van der Waals surface area contributed by atoms with Crippen LogP contribution < -0.4 is 0 Å². The lowest BCUT2D eigenvalue weighted by Gasteiger charge is -2.08. The number of ether oxygens (including phenoxy) is 1. The molecule has 0 bridgehead atoms. The number of aliphatic hydroxyl groups excluding tert-OH is 3. The molecule has 0 fully saturated rings. The number of carbonyl (C=O) groups excluding carboxylic acids is 1. The topological polar surface area (TPSA) is 87.0 Å². The first-order valence-electron chi connectivity index (χ1n) is 5.09. The van der Waals surface area contributed by atoms with Crippen molar-refractivity contribution in [3.8, 4) is 0 Å². The fourth-order valence-electron chi connectivity index (χ4n) is 1.28. The Bertz CT molecular complexity index is 327. The first-order chi connectivity index (χ1) is 7.40. The highest BCUT2D eigenvalue weighted by Gasteiger charge is 2.23. The maximum Gasteiger partial charge on any atom is 0.339 e. The molecule has 0 saturated carbocycles. The van der Waals surface area contributed by atoms with Gasteiger partial charge in [0.15, 0.2) is 0 Å². The number of hydrogen-bond donors (Lipinski definition) is 3. The van der Waals surface area contributed by atoms with Gasteiger partial charge in [-0.2, -0.15) is 0 Å². The number of aliphatic hydroxyl groups is 3. The van der Waals surface area contributed by atoms with Gasteiger partial charge in [0.25, 0.3) is 0 Å². The summed E-state index contributed by atoms with van der Waals surface area (Å²) in [6.07, 6.45) is 0.296. The van der Waals surface area contributed by atoms with Gasteiger partial charge < -0.3 is 20.1 Å². The monoisotopic (exact) mass is 228 g/mol. The average Bonchev–Trinajstić information content (AvgIpc) is 2.45. The van der Waals surface area contributed by atoms with Crippen LogP contribution in [0.3, 0.4) is 0 Å². The molecule has 0 amide bonds. The van der Waals surface area contributed by atoms with E-state index in [1.165, 1.54) is 19.1 Å². The van der Waals surface area contributed by atoms with Crippen molar-refractivity contribution in [2.45, 2.75) is 38.6 Å². The highest BCUT2D eigenvalue weighted by Crippen LogP contribution is 2.21. The van der Waals surface area contributed by atoms with Crippen molar-refractivity contribution in [2.75, 3.05) is 0 Å². The molecule has 1 heterocycles. The van der Waals surface area contributed by atoms with E-state index < -0.39 is 24.3 Å². The van der Waals surface area contributed by atoms with Crippen LogP contribution in [0.4, 0.5) is 0 Å². The molecule has 0 aromatic carbocycles. The maximum atomic E-state index is 11.3. The van der Waals surface area contributed by atoms with Gasteiger partial charge in [0.05, 0.1) is 12.2 Å². The Morgan fingerprint density at radius 1 is 1.38 bits per heavy atom. The van der Waals surface area contributed by atoms with Crippen LogP contribution in [0, 0.1) is 0 Å². The van der Waals surface area contributed by atoms with Crippen LogP contribution in [-0.2, 0) is 9.53 Å². The molecule has 5 nitrogen and oxygen atoms in total. The first-order valence-corrected chi connectivity index (χ1v) is 5.09. The Kier molecular flexibility index (Phi) is 4.23. The Balaban J connectivity index is 2.73. The average molecular weight is 228 g/mol. The van der Waals surface area contributed by atoms with Gasteiger partial charge in [-0.05, 0) is 26.0 Å². The predicted molar refractivity (Wildman–Crippen MR) is 56.2 cm³/mol. The van der Waals surface area contributed by atoms with Crippen molar-refractivity contribution in [2.24, 2.45) is 0 Å². The predicted octanol–water partition coefficient (Wildman–Crippen LogP) is -0.134. The smallest absolute Gasteiger partial charge is 0.339 e. The number of cyclic esters (lactones) is 1. The molecule has 90 valence electrons. The Labute approximate surface area is 93.7 Å². The summed E-state index contributed by atoms with van der Waals surface area (Å²) >= 11 is 0. The quantitative estimate of drug-likeness (QED) is 0.583. The number of allylic oxidation sites excluding steroid dienone is 1. The van der Waals surface area contributed by atoms with Crippen molar-refractivity contribution in [3.05, 3.63) is 23.5 Å². The third-order valence-corrected chi connectivity index (χ3v) is 2.13. The molecule has 16 heavy (non-hydrogen) atoms. The van der Waals surface area contributed by atoms with E-state index in [-0.39, 0.29) is 12.2 Å². The molecule has 0 aliphatic carbocycles. The lowest BCUT2D eigenvalue weighted by atomic mass is 10.1. The highest BCUT2D eigenvalue weighted by molar-refractivity contribution is 5.92. The van der Waals surface area contributed by atoms with Crippen LogP contribution in [-0.4, -0.2) is 39.6 Å². The molecule has 0 spiro atoms. The number of esters is 1. The first kappa shape index (κ1) is 12.9. The van der Waals surface area contributed by atoms with Crippen LogP contribution in [0.2, 0.25) is 0 Å². The van der Waals surface area contributed by atoms with Crippen LogP contribution in [0.1, 0.15) is 20.3 Å². The van der Waals surface area contributed by atoms with Gasteiger partial charge in [-0.25, -0.2) is 4.79 Å². The van der Waals surface area contributed by atoms with Gasteiger partial charge in [-0.1, -0.05) is 0 Å². The maximum absolute atomic E-state index is 11.3. The van der Waals surface area contributed by atoms with Crippen molar-refractivity contribution < 1.29 is 24.9 Å². The third-order valence-electron chi connectivity index (χ3n) is 2.13. The van der Waals surface area contributed by atoms with Crippen LogP contribution >= 0.6 is 0 Å². The summed E-state index contributed by atoms with van der Waals surface area (Å²) in [5, 5.41) is 27.5. The second kappa shape index (κ2) is 5.25. The zero-order valence-corrected chi connectivity index (χ0v) is 9.25. The van der Waals surface area contributed by atoms with E-state index >= 15 is 0 Å². The minimum atomic E-state index is -1.08. The molecular weight excluding hydrogens is 212 g/mol. The summed E-state index contributed by atoms with van der Waals surface area (Å²) in [7, 11) is 0. The van der Waals surface area contributed by atoms with Gasteiger partial charge >= 0.3 is 5.97 Å². The molecule has 5 heteroatoms. The largest absolute Gasteiger partial charge is 0.423 e. The SMILES string of the molecule is C[C@H](O)CC1=C/C(=C/[C@H](O)[C@H](C)O)OC1=O. The van der Waals surface area contributed by atoms with Gasteiger partial charge in [-0.3, -0.25) is 0 Å². The molecule has 1 rings (SSSR count). The van der Waals surface area contributed by atoms with E-state index in [9.17, 15) is 9.90 Å². The van der Waals surface area contributed by atoms with Crippen molar-refractivity contribution >= 4 is 5.97 Å². The van der Waals surface area contributed by atoms with Crippen molar-refractivity contribution in [1.82, 2.24) is 0 Å². The zero-order chi connectivity index (χ0) is 12.3. The van der Waals surface area contributed by atoms with Crippen LogP contribution in [0.15, 0.2) is 23.5 Å². The molecule has 1 aliphatic rings.